The van der Waals surface area contributed by atoms with Gasteiger partial charge in [0.05, 0.1) is 11.9 Å². The number of H-pyrrole nitrogens is 1. The van der Waals surface area contributed by atoms with Crippen LogP contribution in [0.1, 0.15) is 35.5 Å². The summed E-state index contributed by atoms with van der Waals surface area (Å²) < 4.78 is 0. The molecule has 0 spiro atoms. The van der Waals surface area contributed by atoms with Crippen LogP contribution in [-0.2, 0) is 6.42 Å². The third kappa shape index (κ3) is 5.28. The van der Waals surface area contributed by atoms with Crippen LogP contribution in [-0.4, -0.2) is 22.3 Å². The highest BCUT2D eigenvalue weighted by atomic mass is 35.5. The van der Waals surface area contributed by atoms with Crippen LogP contribution < -0.4 is 5.43 Å². The van der Waals surface area contributed by atoms with Crippen LogP contribution in [0.4, 0.5) is 0 Å². The number of hydrazone groups is 1. The van der Waals surface area contributed by atoms with Gasteiger partial charge in [-0.3, -0.25) is 9.89 Å². The molecule has 0 atom stereocenters. The summed E-state index contributed by atoms with van der Waals surface area (Å²) >= 11 is 5.83. The Morgan fingerprint density at radius 1 is 1.19 bits per heavy atom. The second kappa shape index (κ2) is 8.64. The maximum Gasteiger partial charge on any atom is 0.289 e. The lowest BCUT2D eigenvalue weighted by Crippen LogP contribution is -2.17. The van der Waals surface area contributed by atoms with Crippen LogP contribution in [0.3, 0.4) is 0 Å². The third-order valence-electron chi connectivity index (χ3n) is 3.97. The average molecular weight is 381 g/mol. The van der Waals surface area contributed by atoms with E-state index in [1.807, 2.05) is 24.3 Å². The number of amides is 1. The zero-order valence-electron chi connectivity index (χ0n) is 15.2. The molecule has 0 fully saturated rings. The largest absolute Gasteiger partial charge is 0.289 e. The molecule has 0 aliphatic carbocycles. The van der Waals surface area contributed by atoms with Gasteiger partial charge in [0.25, 0.3) is 5.91 Å². The third-order valence-corrected chi connectivity index (χ3v) is 4.22. The lowest BCUT2D eigenvalue weighted by Gasteiger charge is -2.05. The van der Waals surface area contributed by atoms with Gasteiger partial charge in [-0.2, -0.15) is 10.2 Å². The Balaban J connectivity index is 1.62. The molecule has 0 bridgehead atoms. The minimum atomic E-state index is -0.351. The summed E-state index contributed by atoms with van der Waals surface area (Å²) in [6.45, 7) is 4.39. The van der Waals surface area contributed by atoms with Crippen LogP contribution in [0.25, 0.3) is 11.3 Å². The van der Waals surface area contributed by atoms with Crippen molar-refractivity contribution in [1.29, 1.82) is 0 Å². The minimum Gasteiger partial charge on any atom is -0.272 e. The molecule has 0 saturated heterocycles. The van der Waals surface area contributed by atoms with Crippen LogP contribution in [0, 0.1) is 5.92 Å². The molecule has 6 heteroatoms. The predicted molar refractivity (Wildman–Crippen MR) is 109 cm³/mol. The summed E-state index contributed by atoms with van der Waals surface area (Å²) in [6, 6.07) is 17.1. The Bertz CT molecular complexity index is 928. The fourth-order valence-electron chi connectivity index (χ4n) is 2.64. The van der Waals surface area contributed by atoms with Crippen molar-refractivity contribution in [2.75, 3.05) is 0 Å². The molecule has 0 unspecified atom stereocenters. The molecule has 0 saturated carbocycles. The van der Waals surface area contributed by atoms with E-state index < -0.39 is 0 Å². The molecule has 138 valence electrons. The van der Waals surface area contributed by atoms with Crippen molar-refractivity contribution in [3.63, 3.8) is 0 Å². The number of halogens is 1. The number of carbonyl (C=O) groups excluding carboxylic acids is 1. The molecule has 5 nitrogen and oxygen atoms in total. The highest BCUT2D eigenvalue weighted by Crippen LogP contribution is 2.19. The summed E-state index contributed by atoms with van der Waals surface area (Å²) in [6.07, 6.45) is 2.60. The summed E-state index contributed by atoms with van der Waals surface area (Å²) in [4.78, 5) is 12.2. The number of hydrogen-bond donors (Lipinski definition) is 2. The van der Waals surface area contributed by atoms with Gasteiger partial charge in [0.2, 0.25) is 0 Å². The second-order valence-corrected chi connectivity index (χ2v) is 7.15. The Morgan fingerprint density at radius 2 is 1.89 bits per heavy atom. The van der Waals surface area contributed by atoms with Crippen molar-refractivity contribution in [1.82, 2.24) is 15.6 Å². The molecule has 1 aromatic heterocycles. The number of benzene rings is 2. The molecule has 2 aromatic carbocycles. The predicted octanol–water partition coefficient (Wildman–Crippen LogP) is 4.69. The maximum atomic E-state index is 12.2. The Morgan fingerprint density at radius 3 is 2.56 bits per heavy atom. The molecule has 1 heterocycles. The minimum absolute atomic E-state index is 0.351. The van der Waals surface area contributed by atoms with Crippen LogP contribution in [0.15, 0.2) is 59.7 Å². The van der Waals surface area contributed by atoms with E-state index in [9.17, 15) is 4.79 Å². The number of nitrogens with zero attached hydrogens (tertiary/aromatic N) is 2. The molecule has 0 radical (unpaired) electrons. The summed E-state index contributed by atoms with van der Waals surface area (Å²) in [7, 11) is 0. The number of carbonyl (C=O) groups is 1. The van der Waals surface area contributed by atoms with Gasteiger partial charge in [0.15, 0.2) is 0 Å². The smallest absolute Gasteiger partial charge is 0.272 e. The molecule has 0 aliphatic heterocycles. The first kappa shape index (κ1) is 18.9. The highest BCUT2D eigenvalue weighted by Gasteiger charge is 2.10. The van der Waals surface area contributed by atoms with E-state index in [2.05, 4.69) is 46.7 Å². The summed E-state index contributed by atoms with van der Waals surface area (Å²) in [5.74, 6) is 0.264. The van der Waals surface area contributed by atoms with E-state index in [0.29, 0.717) is 16.6 Å². The summed E-state index contributed by atoms with van der Waals surface area (Å²) in [5.41, 5.74) is 6.65. The topological polar surface area (TPSA) is 70.1 Å². The van der Waals surface area contributed by atoms with Crippen molar-refractivity contribution in [3.8, 4) is 11.3 Å². The Kier molecular flexibility index (Phi) is 6.04. The van der Waals surface area contributed by atoms with E-state index in [4.69, 9.17) is 11.6 Å². The fourth-order valence-corrected chi connectivity index (χ4v) is 2.77. The van der Waals surface area contributed by atoms with Gasteiger partial charge < -0.3 is 0 Å². The SMILES string of the molecule is CC(C)Cc1ccc(-c2cc(C(=O)N/N=C\c3ccc(Cl)cc3)[nH]n2)cc1. The number of rotatable bonds is 6. The van der Waals surface area contributed by atoms with Crippen molar-refractivity contribution in [2.45, 2.75) is 20.3 Å². The quantitative estimate of drug-likeness (QED) is 0.481. The summed E-state index contributed by atoms with van der Waals surface area (Å²) in [5, 5.41) is 11.6. The first-order chi connectivity index (χ1) is 13.0. The fraction of sp³-hybridized carbons (Fsp3) is 0.190. The monoisotopic (exact) mass is 380 g/mol. The maximum absolute atomic E-state index is 12.2. The van der Waals surface area contributed by atoms with Crippen molar-refractivity contribution in [2.24, 2.45) is 11.0 Å². The number of hydrogen-bond acceptors (Lipinski definition) is 3. The zero-order valence-corrected chi connectivity index (χ0v) is 16.0. The van der Waals surface area contributed by atoms with Crippen molar-refractivity contribution >= 4 is 23.7 Å². The lowest BCUT2D eigenvalue weighted by atomic mass is 10.0. The normalized spacial score (nSPS) is 11.3. The highest BCUT2D eigenvalue weighted by molar-refractivity contribution is 6.30. The van der Waals surface area contributed by atoms with Crippen molar-refractivity contribution < 1.29 is 4.79 Å². The molecule has 27 heavy (non-hydrogen) atoms. The molecular formula is C21H21ClN4O. The van der Waals surface area contributed by atoms with E-state index in [-0.39, 0.29) is 5.91 Å². The van der Waals surface area contributed by atoms with E-state index in [1.165, 1.54) is 5.56 Å². The second-order valence-electron chi connectivity index (χ2n) is 6.71. The lowest BCUT2D eigenvalue weighted by molar-refractivity contribution is 0.0950. The molecule has 0 aliphatic rings. The first-order valence-electron chi connectivity index (χ1n) is 8.75. The van der Waals surface area contributed by atoms with E-state index >= 15 is 0 Å². The van der Waals surface area contributed by atoms with Crippen molar-refractivity contribution in [3.05, 3.63) is 76.4 Å². The van der Waals surface area contributed by atoms with Gasteiger partial charge in [-0.25, -0.2) is 5.43 Å². The molecule has 1 amide bonds. The van der Waals surface area contributed by atoms with E-state index in [1.54, 1.807) is 24.4 Å². The van der Waals surface area contributed by atoms with Crippen LogP contribution in [0.2, 0.25) is 5.02 Å². The Labute approximate surface area is 163 Å². The zero-order chi connectivity index (χ0) is 19.2. The van der Waals surface area contributed by atoms with Gasteiger partial charge >= 0.3 is 0 Å². The standard InChI is InChI=1S/C21H21ClN4O/c1-14(2)11-15-3-7-17(8-4-15)19-12-20(25-24-19)21(27)26-23-13-16-5-9-18(22)10-6-16/h3-10,12-14H,11H2,1-2H3,(H,24,25)(H,26,27)/b23-13-. The van der Waals surface area contributed by atoms with E-state index in [0.717, 1.165) is 23.2 Å². The number of aromatic nitrogens is 2. The molecule has 2 N–H and O–H groups in total. The Hall–Kier alpha value is -2.92. The molecule has 3 aromatic rings. The van der Waals surface area contributed by atoms with Crippen LogP contribution in [0.5, 0.6) is 0 Å². The molecular weight excluding hydrogens is 360 g/mol. The average Bonchev–Trinajstić information content (AvgIpc) is 3.14. The van der Waals surface area contributed by atoms with Gasteiger partial charge in [0.1, 0.15) is 5.69 Å². The van der Waals surface area contributed by atoms with Crippen LogP contribution >= 0.6 is 11.6 Å². The first-order valence-corrected chi connectivity index (χ1v) is 9.13. The van der Waals surface area contributed by atoms with Gasteiger partial charge in [-0.05, 0) is 41.7 Å². The van der Waals surface area contributed by atoms with Gasteiger partial charge in [-0.1, -0.05) is 61.8 Å². The molecule has 3 rings (SSSR count). The number of aromatic amines is 1. The van der Waals surface area contributed by atoms with Gasteiger partial charge in [0, 0.05) is 10.6 Å². The van der Waals surface area contributed by atoms with Gasteiger partial charge in [-0.15, -0.1) is 0 Å². The number of nitrogens with one attached hydrogen (secondary N) is 2.